The third kappa shape index (κ3) is 4.74. The molecule has 1 aliphatic rings. The first kappa shape index (κ1) is 18.2. The van der Waals surface area contributed by atoms with E-state index in [-0.39, 0.29) is 6.29 Å². The molecule has 8 nitrogen and oxygen atoms in total. The molecule has 0 spiro atoms. The summed E-state index contributed by atoms with van der Waals surface area (Å²) in [6.45, 7) is 1.22. The SMILES string of the molecule is O=C(O)CC(=O)c1cccc(-n2nncc2CCOC2CCCCO2)c1. The van der Waals surface area contributed by atoms with Gasteiger partial charge in [0, 0.05) is 18.6 Å². The van der Waals surface area contributed by atoms with Gasteiger partial charge in [0.15, 0.2) is 12.1 Å². The number of Topliss-reactive ketones (excluding diaryl/α,β-unsaturated/α-hetero) is 1. The Morgan fingerprint density at radius 2 is 2.23 bits per heavy atom. The van der Waals surface area contributed by atoms with Gasteiger partial charge in [-0.15, -0.1) is 5.10 Å². The Morgan fingerprint density at radius 1 is 1.35 bits per heavy atom. The number of aliphatic carboxylic acids is 1. The van der Waals surface area contributed by atoms with Crippen LogP contribution in [0.2, 0.25) is 0 Å². The van der Waals surface area contributed by atoms with Crippen LogP contribution in [0.15, 0.2) is 30.5 Å². The second-order valence-electron chi connectivity index (χ2n) is 6.10. The molecule has 1 atom stereocenters. The number of ether oxygens (including phenoxy) is 2. The van der Waals surface area contributed by atoms with E-state index in [1.807, 2.05) is 0 Å². The first-order valence-electron chi connectivity index (χ1n) is 8.61. The minimum Gasteiger partial charge on any atom is -0.481 e. The third-order valence-corrected chi connectivity index (χ3v) is 4.14. The number of hydrogen-bond donors (Lipinski definition) is 1. The zero-order valence-electron chi connectivity index (χ0n) is 14.3. The summed E-state index contributed by atoms with van der Waals surface area (Å²) < 4.78 is 12.9. The van der Waals surface area contributed by atoms with Crippen molar-refractivity contribution in [3.05, 3.63) is 41.7 Å². The van der Waals surface area contributed by atoms with Crippen molar-refractivity contribution < 1.29 is 24.2 Å². The summed E-state index contributed by atoms with van der Waals surface area (Å²) in [5.74, 6) is -1.59. The maximum atomic E-state index is 11.9. The molecule has 0 saturated carbocycles. The van der Waals surface area contributed by atoms with Gasteiger partial charge >= 0.3 is 5.97 Å². The van der Waals surface area contributed by atoms with Crippen LogP contribution in [-0.2, 0) is 20.7 Å². The lowest BCUT2D eigenvalue weighted by molar-refractivity contribution is -0.161. The second kappa shape index (κ2) is 8.68. The first-order valence-corrected chi connectivity index (χ1v) is 8.61. The van der Waals surface area contributed by atoms with E-state index in [9.17, 15) is 9.59 Å². The van der Waals surface area contributed by atoms with Gasteiger partial charge in [0.1, 0.15) is 6.42 Å². The summed E-state index contributed by atoms with van der Waals surface area (Å²) in [7, 11) is 0. The van der Waals surface area contributed by atoms with Crippen LogP contribution in [0.4, 0.5) is 0 Å². The van der Waals surface area contributed by atoms with E-state index in [2.05, 4.69) is 10.3 Å². The van der Waals surface area contributed by atoms with E-state index in [4.69, 9.17) is 14.6 Å². The molecule has 0 radical (unpaired) electrons. The molecule has 3 rings (SSSR count). The fourth-order valence-electron chi connectivity index (χ4n) is 2.83. The van der Waals surface area contributed by atoms with Gasteiger partial charge in [0.25, 0.3) is 0 Å². The minimum absolute atomic E-state index is 0.148. The van der Waals surface area contributed by atoms with Crippen LogP contribution in [0.3, 0.4) is 0 Å². The molecule has 2 heterocycles. The molecular weight excluding hydrogens is 338 g/mol. The number of carboxylic acid groups (broad SMARTS) is 1. The number of aromatic nitrogens is 3. The Hall–Kier alpha value is -2.58. The number of nitrogens with zero attached hydrogens (tertiary/aromatic N) is 3. The van der Waals surface area contributed by atoms with Gasteiger partial charge in [0.05, 0.1) is 24.2 Å². The van der Waals surface area contributed by atoms with Crippen molar-refractivity contribution in [1.29, 1.82) is 0 Å². The molecule has 1 N–H and O–H groups in total. The molecule has 1 fully saturated rings. The predicted octanol–water partition coefficient (Wildman–Crippen LogP) is 2.01. The topological polar surface area (TPSA) is 104 Å². The highest BCUT2D eigenvalue weighted by molar-refractivity contribution is 6.05. The Kier molecular flexibility index (Phi) is 6.08. The highest BCUT2D eigenvalue weighted by Crippen LogP contribution is 2.16. The zero-order valence-corrected chi connectivity index (χ0v) is 14.3. The number of rotatable bonds is 8. The van der Waals surface area contributed by atoms with Crippen molar-refractivity contribution in [2.45, 2.75) is 38.4 Å². The molecule has 1 aromatic heterocycles. The lowest BCUT2D eigenvalue weighted by Crippen LogP contribution is -2.23. The molecule has 2 aromatic rings. The molecule has 0 bridgehead atoms. The van der Waals surface area contributed by atoms with Gasteiger partial charge in [-0.3, -0.25) is 9.59 Å². The van der Waals surface area contributed by atoms with Crippen LogP contribution in [-0.4, -0.2) is 51.4 Å². The third-order valence-electron chi connectivity index (χ3n) is 4.14. The van der Waals surface area contributed by atoms with Crippen molar-refractivity contribution in [1.82, 2.24) is 15.0 Å². The van der Waals surface area contributed by atoms with E-state index in [0.29, 0.717) is 24.3 Å². The van der Waals surface area contributed by atoms with Crippen LogP contribution in [0.25, 0.3) is 5.69 Å². The van der Waals surface area contributed by atoms with Crippen molar-refractivity contribution >= 4 is 11.8 Å². The van der Waals surface area contributed by atoms with Crippen molar-refractivity contribution in [3.8, 4) is 5.69 Å². The Bertz CT molecular complexity index is 768. The number of benzene rings is 1. The minimum atomic E-state index is -1.15. The van der Waals surface area contributed by atoms with Gasteiger partial charge in [-0.1, -0.05) is 17.3 Å². The van der Waals surface area contributed by atoms with Crippen molar-refractivity contribution in [3.63, 3.8) is 0 Å². The normalized spacial score (nSPS) is 17.2. The molecule has 8 heteroatoms. The zero-order chi connectivity index (χ0) is 18.4. The second-order valence-corrected chi connectivity index (χ2v) is 6.10. The molecule has 0 aliphatic carbocycles. The lowest BCUT2D eigenvalue weighted by atomic mass is 10.1. The summed E-state index contributed by atoms with van der Waals surface area (Å²) in [5.41, 5.74) is 1.82. The molecule has 0 amide bonds. The van der Waals surface area contributed by atoms with E-state index in [0.717, 1.165) is 31.6 Å². The molecular formula is C18H21N3O5. The number of carbonyl (C=O) groups is 2. The fourth-order valence-corrected chi connectivity index (χ4v) is 2.83. The van der Waals surface area contributed by atoms with E-state index >= 15 is 0 Å². The molecule has 138 valence electrons. The lowest BCUT2D eigenvalue weighted by Gasteiger charge is -2.22. The van der Waals surface area contributed by atoms with Crippen LogP contribution in [0.1, 0.15) is 41.7 Å². The summed E-state index contributed by atoms with van der Waals surface area (Å²) in [6, 6.07) is 6.70. The molecule has 1 unspecified atom stereocenters. The maximum absolute atomic E-state index is 11.9. The number of hydrogen-bond acceptors (Lipinski definition) is 6. The molecule has 1 aliphatic heterocycles. The monoisotopic (exact) mass is 359 g/mol. The molecule has 26 heavy (non-hydrogen) atoms. The van der Waals surface area contributed by atoms with Crippen LogP contribution in [0, 0.1) is 0 Å². The number of carboxylic acids is 1. The van der Waals surface area contributed by atoms with E-state index in [1.54, 1.807) is 35.1 Å². The average molecular weight is 359 g/mol. The van der Waals surface area contributed by atoms with Crippen LogP contribution in [0.5, 0.6) is 0 Å². The van der Waals surface area contributed by atoms with Crippen molar-refractivity contribution in [2.75, 3.05) is 13.2 Å². The average Bonchev–Trinajstić information content (AvgIpc) is 3.11. The Balaban J connectivity index is 1.65. The van der Waals surface area contributed by atoms with E-state index in [1.165, 1.54) is 0 Å². The highest BCUT2D eigenvalue weighted by atomic mass is 16.7. The van der Waals surface area contributed by atoms with Crippen LogP contribution < -0.4 is 0 Å². The highest BCUT2D eigenvalue weighted by Gasteiger charge is 2.15. The van der Waals surface area contributed by atoms with E-state index < -0.39 is 18.2 Å². The summed E-state index contributed by atoms with van der Waals surface area (Å²) in [5, 5.41) is 16.8. The molecule has 1 saturated heterocycles. The van der Waals surface area contributed by atoms with Gasteiger partial charge in [-0.2, -0.15) is 0 Å². The van der Waals surface area contributed by atoms with Gasteiger partial charge in [-0.05, 0) is 31.4 Å². The standard InChI is InChI=1S/C18H21N3O5/c22-16(11-17(23)24)13-4-3-5-14(10-13)21-15(12-19-20-21)7-9-26-18-6-1-2-8-25-18/h3-5,10,12,18H,1-2,6-9,11H2,(H,23,24). The summed E-state index contributed by atoms with van der Waals surface area (Å²) in [4.78, 5) is 22.7. The van der Waals surface area contributed by atoms with Gasteiger partial charge in [-0.25, -0.2) is 4.68 Å². The number of carbonyl (C=O) groups excluding carboxylic acids is 1. The predicted molar refractivity (Wildman–Crippen MR) is 91.2 cm³/mol. The van der Waals surface area contributed by atoms with Gasteiger partial charge < -0.3 is 14.6 Å². The maximum Gasteiger partial charge on any atom is 0.311 e. The largest absolute Gasteiger partial charge is 0.481 e. The molecule has 1 aromatic carbocycles. The van der Waals surface area contributed by atoms with Crippen molar-refractivity contribution in [2.24, 2.45) is 0 Å². The fraction of sp³-hybridized carbons (Fsp3) is 0.444. The smallest absolute Gasteiger partial charge is 0.311 e. The Morgan fingerprint density at radius 3 is 3.00 bits per heavy atom. The summed E-state index contributed by atoms with van der Waals surface area (Å²) >= 11 is 0. The quantitative estimate of drug-likeness (QED) is 0.568. The van der Waals surface area contributed by atoms with Gasteiger partial charge in [0.2, 0.25) is 0 Å². The first-order chi connectivity index (χ1) is 12.6. The van der Waals surface area contributed by atoms with Crippen LogP contribution >= 0.6 is 0 Å². The number of ketones is 1. The summed E-state index contributed by atoms with van der Waals surface area (Å²) in [6.07, 6.45) is 4.66. The Labute approximate surface area is 150 Å².